The van der Waals surface area contributed by atoms with Gasteiger partial charge in [0, 0.05) is 6.54 Å². The fraction of sp³-hybridized carbons (Fsp3) is 0.429. The van der Waals surface area contributed by atoms with Crippen LogP contribution in [0.3, 0.4) is 0 Å². The molecule has 1 heteroatoms. The van der Waals surface area contributed by atoms with Crippen molar-refractivity contribution in [3.05, 3.63) is 40.5 Å². The molecule has 0 heterocycles. The number of likely N-dealkylation sites (N-methyl/N-ethyl adjacent to an activating group) is 1. The van der Waals surface area contributed by atoms with Crippen LogP contribution in [-0.2, 0) is 0 Å². The van der Waals surface area contributed by atoms with Gasteiger partial charge in [0.05, 0.1) is 0 Å². The molecule has 0 spiro atoms. The zero-order chi connectivity index (χ0) is 11.3. The third kappa shape index (κ3) is 3.52. The summed E-state index contributed by atoms with van der Waals surface area (Å²) in [6, 6.07) is 6.60. The van der Waals surface area contributed by atoms with E-state index < -0.39 is 0 Å². The van der Waals surface area contributed by atoms with E-state index in [0.717, 1.165) is 13.0 Å². The molecule has 0 fully saturated rings. The van der Waals surface area contributed by atoms with Crippen LogP contribution in [0.25, 0.3) is 6.08 Å². The van der Waals surface area contributed by atoms with Crippen LogP contribution in [-0.4, -0.2) is 13.6 Å². The van der Waals surface area contributed by atoms with Crippen LogP contribution in [0.2, 0.25) is 0 Å². The molecule has 0 aromatic heterocycles. The number of benzene rings is 1. The van der Waals surface area contributed by atoms with E-state index in [1.165, 1.54) is 22.3 Å². The van der Waals surface area contributed by atoms with Gasteiger partial charge in [-0.3, -0.25) is 0 Å². The highest BCUT2D eigenvalue weighted by Gasteiger charge is 1.98. The summed E-state index contributed by atoms with van der Waals surface area (Å²) in [7, 11) is 1.99. The van der Waals surface area contributed by atoms with Crippen molar-refractivity contribution >= 4 is 6.08 Å². The lowest BCUT2D eigenvalue weighted by Gasteiger charge is -2.07. The molecular weight excluding hydrogens is 182 g/mol. The van der Waals surface area contributed by atoms with Crippen molar-refractivity contribution in [1.29, 1.82) is 0 Å². The third-order valence-corrected chi connectivity index (χ3v) is 2.65. The normalized spacial score (nSPS) is 11.9. The Labute approximate surface area is 93.2 Å². The van der Waals surface area contributed by atoms with Gasteiger partial charge in [-0.1, -0.05) is 42.3 Å². The quantitative estimate of drug-likeness (QED) is 0.791. The lowest BCUT2D eigenvalue weighted by molar-refractivity contribution is 0.851. The molecule has 1 aromatic rings. The summed E-state index contributed by atoms with van der Waals surface area (Å²) >= 11 is 0. The summed E-state index contributed by atoms with van der Waals surface area (Å²) in [6.07, 6.45) is 3.41. The number of hydrogen-bond acceptors (Lipinski definition) is 1. The maximum Gasteiger partial charge on any atom is 0.0164 e. The van der Waals surface area contributed by atoms with Crippen LogP contribution in [0, 0.1) is 13.8 Å². The molecule has 1 nitrogen and oxygen atoms in total. The minimum atomic E-state index is 0.976. The standard InChI is InChI=1S/C14H21N/c1-5-13(10-15-4)9-14-8-11(2)6-7-12(14)3/h6-9,15H,5,10H2,1-4H3. The topological polar surface area (TPSA) is 12.0 Å². The molecular formula is C14H21N. The molecule has 0 aliphatic rings. The Balaban J connectivity index is 2.99. The predicted octanol–water partition coefficient (Wildman–Crippen LogP) is 3.32. The zero-order valence-electron chi connectivity index (χ0n) is 10.2. The van der Waals surface area contributed by atoms with Crippen molar-refractivity contribution in [1.82, 2.24) is 5.32 Å². The highest BCUT2D eigenvalue weighted by atomic mass is 14.8. The molecule has 0 unspecified atom stereocenters. The molecule has 0 aliphatic carbocycles. The van der Waals surface area contributed by atoms with Crippen LogP contribution in [0.4, 0.5) is 0 Å². The number of nitrogens with one attached hydrogen (secondary N) is 1. The van der Waals surface area contributed by atoms with Crippen molar-refractivity contribution in [2.75, 3.05) is 13.6 Å². The number of hydrogen-bond donors (Lipinski definition) is 1. The van der Waals surface area contributed by atoms with Gasteiger partial charge in [0.25, 0.3) is 0 Å². The summed E-state index contributed by atoms with van der Waals surface area (Å²) in [5.74, 6) is 0. The van der Waals surface area contributed by atoms with E-state index in [0.29, 0.717) is 0 Å². The molecule has 0 radical (unpaired) electrons. The maximum atomic E-state index is 3.20. The number of rotatable bonds is 4. The Morgan fingerprint density at radius 3 is 2.67 bits per heavy atom. The Morgan fingerprint density at radius 1 is 1.33 bits per heavy atom. The molecule has 1 rings (SSSR count). The van der Waals surface area contributed by atoms with E-state index in [1.54, 1.807) is 0 Å². The van der Waals surface area contributed by atoms with Gasteiger partial charge in [-0.05, 0) is 38.4 Å². The molecule has 0 saturated carbocycles. The Morgan fingerprint density at radius 2 is 2.07 bits per heavy atom. The van der Waals surface area contributed by atoms with E-state index in [-0.39, 0.29) is 0 Å². The second-order valence-electron chi connectivity index (χ2n) is 4.05. The first-order chi connectivity index (χ1) is 7.17. The molecule has 0 aliphatic heterocycles. The molecule has 1 N–H and O–H groups in total. The van der Waals surface area contributed by atoms with Crippen LogP contribution in [0.5, 0.6) is 0 Å². The fourth-order valence-electron chi connectivity index (χ4n) is 1.64. The molecule has 1 aromatic carbocycles. The second kappa shape index (κ2) is 5.72. The van der Waals surface area contributed by atoms with Crippen LogP contribution in [0.15, 0.2) is 23.8 Å². The average molecular weight is 203 g/mol. The van der Waals surface area contributed by atoms with Gasteiger partial charge >= 0.3 is 0 Å². The van der Waals surface area contributed by atoms with Crippen molar-refractivity contribution in [2.24, 2.45) is 0 Å². The van der Waals surface area contributed by atoms with Crippen molar-refractivity contribution in [3.8, 4) is 0 Å². The Hall–Kier alpha value is -1.08. The smallest absolute Gasteiger partial charge is 0.0164 e. The minimum absolute atomic E-state index is 0.976. The first-order valence-corrected chi connectivity index (χ1v) is 5.58. The molecule has 0 atom stereocenters. The van der Waals surface area contributed by atoms with Gasteiger partial charge in [0.1, 0.15) is 0 Å². The van der Waals surface area contributed by atoms with E-state index in [1.807, 2.05) is 7.05 Å². The van der Waals surface area contributed by atoms with Crippen molar-refractivity contribution < 1.29 is 0 Å². The van der Waals surface area contributed by atoms with E-state index in [4.69, 9.17) is 0 Å². The highest BCUT2D eigenvalue weighted by Crippen LogP contribution is 2.15. The SMILES string of the molecule is CCC(=Cc1cc(C)ccc1C)CNC. The summed E-state index contributed by atoms with van der Waals surface area (Å²) in [5.41, 5.74) is 5.47. The van der Waals surface area contributed by atoms with Gasteiger partial charge < -0.3 is 5.32 Å². The molecule has 0 bridgehead atoms. The molecule has 0 amide bonds. The highest BCUT2D eigenvalue weighted by molar-refractivity contribution is 5.57. The lowest BCUT2D eigenvalue weighted by atomic mass is 10.0. The van der Waals surface area contributed by atoms with Crippen LogP contribution < -0.4 is 5.32 Å². The van der Waals surface area contributed by atoms with Gasteiger partial charge in [0.15, 0.2) is 0 Å². The molecule has 0 saturated heterocycles. The van der Waals surface area contributed by atoms with E-state index in [9.17, 15) is 0 Å². The van der Waals surface area contributed by atoms with Crippen LogP contribution >= 0.6 is 0 Å². The van der Waals surface area contributed by atoms with E-state index in [2.05, 4.69) is 50.4 Å². The monoisotopic (exact) mass is 203 g/mol. The average Bonchev–Trinajstić information content (AvgIpc) is 2.22. The predicted molar refractivity (Wildman–Crippen MR) is 68.1 cm³/mol. The first-order valence-electron chi connectivity index (χ1n) is 5.58. The summed E-state index contributed by atoms with van der Waals surface area (Å²) in [4.78, 5) is 0. The van der Waals surface area contributed by atoms with Gasteiger partial charge in [-0.25, -0.2) is 0 Å². The lowest BCUT2D eigenvalue weighted by Crippen LogP contribution is -2.09. The summed E-state index contributed by atoms with van der Waals surface area (Å²) in [6.45, 7) is 7.48. The van der Waals surface area contributed by atoms with Gasteiger partial charge in [-0.15, -0.1) is 0 Å². The Bertz CT molecular complexity index is 350. The third-order valence-electron chi connectivity index (χ3n) is 2.65. The summed E-state index contributed by atoms with van der Waals surface area (Å²) in [5, 5.41) is 3.20. The summed E-state index contributed by atoms with van der Waals surface area (Å²) < 4.78 is 0. The molecule has 15 heavy (non-hydrogen) atoms. The van der Waals surface area contributed by atoms with Gasteiger partial charge in [0.2, 0.25) is 0 Å². The molecule has 82 valence electrons. The Kier molecular flexibility index (Phi) is 4.57. The second-order valence-corrected chi connectivity index (χ2v) is 4.05. The fourth-order valence-corrected chi connectivity index (χ4v) is 1.64. The largest absolute Gasteiger partial charge is 0.316 e. The van der Waals surface area contributed by atoms with E-state index >= 15 is 0 Å². The van der Waals surface area contributed by atoms with Crippen LogP contribution in [0.1, 0.15) is 30.0 Å². The van der Waals surface area contributed by atoms with Gasteiger partial charge in [-0.2, -0.15) is 0 Å². The minimum Gasteiger partial charge on any atom is -0.316 e. The first kappa shape index (κ1) is 12.0. The van der Waals surface area contributed by atoms with Crippen molar-refractivity contribution in [2.45, 2.75) is 27.2 Å². The zero-order valence-corrected chi connectivity index (χ0v) is 10.2. The maximum absolute atomic E-state index is 3.20. The van der Waals surface area contributed by atoms with Crippen molar-refractivity contribution in [3.63, 3.8) is 0 Å². The number of aryl methyl sites for hydroxylation is 2.